The molecule has 398 valence electrons. The number of unbranched alkanes of at least 4 members (excludes halogenated alkanes) is 23. The molecule has 1 unspecified atom stereocenters. The number of anilines is 2. The highest BCUT2D eigenvalue weighted by atomic mass is 19.4. The van der Waals surface area contributed by atoms with Crippen molar-refractivity contribution in [3.8, 4) is 0 Å². The van der Waals surface area contributed by atoms with Gasteiger partial charge in [-0.25, -0.2) is 14.8 Å². The van der Waals surface area contributed by atoms with E-state index in [-0.39, 0.29) is 24.1 Å². The van der Waals surface area contributed by atoms with Crippen molar-refractivity contribution in [2.24, 2.45) is 0 Å². The van der Waals surface area contributed by atoms with E-state index in [1.54, 1.807) is 12.4 Å². The smallest absolute Gasteiger partial charge is 0.475 e. The molecule has 0 aliphatic rings. The molecule has 1 heterocycles. The number of esters is 2. The zero-order valence-electron chi connectivity index (χ0n) is 43.9. The minimum absolute atomic E-state index is 0.00730. The van der Waals surface area contributed by atoms with Gasteiger partial charge in [-0.2, -0.15) is 13.2 Å². The standard InChI is InChI=1S/C52H99N5O4.C2HF3O2/c1-6-10-13-16-21-28-36-47(9-4)60-49(58)39-31-24-19-26-33-44-57(46-35-41-54-52-51(53-5)55-42-43-56-52)45-34-27-20-25-32-40-50(59)61-48(37-29-22-17-14-11-7-2)38-30-23-18-15-12-8-3;3-2(4,5)1(6)7/h42-43,47-48H,6-41,44-46H2,1-5H3,(H,53,55)(H,54,56);(H,6,7). The molecule has 1 rings (SSSR count). The van der Waals surface area contributed by atoms with Crippen LogP contribution < -0.4 is 10.6 Å². The number of carboxylic acid groups (broad SMARTS) is 1. The Labute approximate surface area is 412 Å². The van der Waals surface area contributed by atoms with Crippen molar-refractivity contribution in [1.82, 2.24) is 14.9 Å². The Bertz CT molecular complexity index is 1310. The topological polar surface area (TPSA) is 143 Å². The van der Waals surface area contributed by atoms with Crippen LogP contribution >= 0.6 is 0 Å². The Kier molecular flexibility index (Phi) is 44.1. The number of ether oxygens (including phenoxy) is 2. The zero-order chi connectivity index (χ0) is 50.4. The van der Waals surface area contributed by atoms with Gasteiger partial charge in [0.05, 0.1) is 0 Å². The Morgan fingerprint density at radius 1 is 0.544 bits per heavy atom. The van der Waals surface area contributed by atoms with Gasteiger partial charge < -0.3 is 30.1 Å². The van der Waals surface area contributed by atoms with E-state index in [0.29, 0.717) is 12.8 Å². The van der Waals surface area contributed by atoms with E-state index in [2.05, 4.69) is 53.2 Å². The molecule has 0 aliphatic heterocycles. The molecule has 1 atom stereocenters. The number of alkyl halides is 3. The van der Waals surface area contributed by atoms with Gasteiger partial charge >= 0.3 is 24.1 Å². The highest BCUT2D eigenvalue weighted by molar-refractivity contribution is 5.73. The van der Waals surface area contributed by atoms with E-state index in [4.69, 9.17) is 19.4 Å². The zero-order valence-corrected chi connectivity index (χ0v) is 43.9. The van der Waals surface area contributed by atoms with Gasteiger partial charge in [0.15, 0.2) is 11.6 Å². The van der Waals surface area contributed by atoms with E-state index in [0.717, 1.165) is 95.6 Å². The normalized spacial score (nSPS) is 11.9. The lowest BCUT2D eigenvalue weighted by molar-refractivity contribution is -0.192. The van der Waals surface area contributed by atoms with Crippen LogP contribution in [0.1, 0.15) is 252 Å². The number of nitrogens with one attached hydrogen (secondary N) is 2. The van der Waals surface area contributed by atoms with Gasteiger partial charge in [-0.15, -0.1) is 0 Å². The van der Waals surface area contributed by atoms with Crippen LogP contribution in [0.15, 0.2) is 12.4 Å². The summed E-state index contributed by atoms with van der Waals surface area (Å²) in [5, 5.41) is 13.7. The van der Waals surface area contributed by atoms with Gasteiger partial charge in [0, 0.05) is 38.8 Å². The van der Waals surface area contributed by atoms with Gasteiger partial charge in [0.2, 0.25) is 0 Å². The SMILES string of the molecule is CCCCCCCCC(CC)OC(=O)CCCCCCCN(CCCCCCCC(=O)OC(CCCCCCCC)CCCCCCCC)CCCNc1nccnc1NC.O=C(O)C(F)(F)F. The van der Waals surface area contributed by atoms with Crippen molar-refractivity contribution < 1.29 is 42.1 Å². The van der Waals surface area contributed by atoms with Gasteiger partial charge in [-0.05, 0) is 96.7 Å². The average molecular weight is 972 g/mol. The van der Waals surface area contributed by atoms with Crippen molar-refractivity contribution in [2.45, 2.75) is 271 Å². The van der Waals surface area contributed by atoms with Crippen LogP contribution in [0.5, 0.6) is 0 Å². The second kappa shape index (κ2) is 46.2. The molecule has 1 aromatic rings. The first kappa shape index (κ1) is 64.8. The summed E-state index contributed by atoms with van der Waals surface area (Å²) < 4.78 is 43.7. The van der Waals surface area contributed by atoms with Gasteiger partial charge in [-0.3, -0.25) is 9.59 Å². The number of carboxylic acids is 1. The highest BCUT2D eigenvalue weighted by Crippen LogP contribution is 2.20. The summed E-state index contributed by atoms with van der Waals surface area (Å²) >= 11 is 0. The number of aliphatic carboxylic acids is 1. The molecule has 3 N–H and O–H groups in total. The van der Waals surface area contributed by atoms with Crippen LogP contribution in [-0.4, -0.2) is 89.5 Å². The van der Waals surface area contributed by atoms with E-state index in [9.17, 15) is 22.8 Å². The van der Waals surface area contributed by atoms with Crippen LogP contribution in [0, 0.1) is 0 Å². The molecule has 0 aliphatic carbocycles. The fourth-order valence-electron chi connectivity index (χ4n) is 8.32. The van der Waals surface area contributed by atoms with Gasteiger partial charge in [-0.1, -0.05) is 163 Å². The molecule has 0 saturated carbocycles. The maximum atomic E-state index is 12.9. The number of halogens is 3. The van der Waals surface area contributed by atoms with E-state index in [1.807, 2.05) is 7.05 Å². The lowest BCUT2D eigenvalue weighted by atomic mass is 10.0. The predicted octanol–water partition coefficient (Wildman–Crippen LogP) is 15.4. The molecule has 11 nitrogen and oxygen atoms in total. The molecule has 0 spiro atoms. The average Bonchev–Trinajstić information content (AvgIpc) is 3.32. The largest absolute Gasteiger partial charge is 0.490 e. The monoisotopic (exact) mass is 972 g/mol. The van der Waals surface area contributed by atoms with Crippen LogP contribution in [-0.2, 0) is 23.9 Å². The minimum atomic E-state index is -5.08. The molecule has 68 heavy (non-hydrogen) atoms. The third-order valence-corrected chi connectivity index (χ3v) is 12.5. The molecule has 0 radical (unpaired) electrons. The summed E-state index contributed by atoms with van der Waals surface area (Å²) in [5.41, 5.74) is 0. The Balaban J connectivity index is 0.00000590. The van der Waals surface area contributed by atoms with Crippen molar-refractivity contribution in [2.75, 3.05) is 43.9 Å². The first-order valence-electron chi connectivity index (χ1n) is 27.6. The number of carbonyl (C=O) groups is 3. The Morgan fingerprint density at radius 3 is 1.31 bits per heavy atom. The van der Waals surface area contributed by atoms with E-state index < -0.39 is 12.1 Å². The maximum absolute atomic E-state index is 12.9. The number of hydrogen-bond donors (Lipinski definition) is 3. The second-order valence-corrected chi connectivity index (χ2v) is 18.8. The minimum Gasteiger partial charge on any atom is -0.475 e. The number of nitrogens with zero attached hydrogens (tertiary/aromatic N) is 3. The lowest BCUT2D eigenvalue weighted by Gasteiger charge is -2.22. The molecular weight excluding hydrogens is 872 g/mol. The summed E-state index contributed by atoms with van der Waals surface area (Å²) in [5.74, 6) is -1.16. The van der Waals surface area contributed by atoms with Crippen molar-refractivity contribution in [3.05, 3.63) is 12.4 Å². The highest BCUT2D eigenvalue weighted by Gasteiger charge is 2.38. The maximum Gasteiger partial charge on any atom is 0.490 e. The third-order valence-electron chi connectivity index (χ3n) is 12.5. The molecule has 0 aromatic carbocycles. The van der Waals surface area contributed by atoms with E-state index in [1.165, 1.54) is 154 Å². The molecular formula is C54H100F3N5O6. The lowest BCUT2D eigenvalue weighted by Crippen LogP contribution is -2.28. The number of hydrogen-bond acceptors (Lipinski definition) is 10. The molecule has 0 bridgehead atoms. The van der Waals surface area contributed by atoms with Crippen molar-refractivity contribution in [1.29, 1.82) is 0 Å². The third kappa shape index (κ3) is 40.7. The summed E-state index contributed by atoms with van der Waals surface area (Å²) in [6.07, 6.45) is 38.9. The number of aromatic nitrogens is 2. The van der Waals surface area contributed by atoms with Crippen LogP contribution in [0.2, 0.25) is 0 Å². The quantitative estimate of drug-likeness (QED) is 0.0424. The fraction of sp³-hybridized carbons (Fsp3) is 0.870. The second-order valence-electron chi connectivity index (χ2n) is 18.8. The summed E-state index contributed by atoms with van der Waals surface area (Å²) in [7, 11) is 1.87. The summed E-state index contributed by atoms with van der Waals surface area (Å²) in [6.45, 7) is 13.0. The number of rotatable bonds is 46. The first-order valence-corrected chi connectivity index (χ1v) is 27.6. The van der Waals surface area contributed by atoms with Crippen LogP contribution in [0.3, 0.4) is 0 Å². The van der Waals surface area contributed by atoms with Crippen molar-refractivity contribution in [3.63, 3.8) is 0 Å². The fourth-order valence-corrected chi connectivity index (χ4v) is 8.32. The molecule has 0 fully saturated rings. The predicted molar refractivity (Wildman–Crippen MR) is 274 cm³/mol. The first-order chi connectivity index (χ1) is 32.9. The van der Waals surface area contributed by atoms with Crippen LogP contribution in [0.4, 0.5) is 24.8 Å². The van der Waals surface area contributed by atoms with E-state index >= 15 is 0 Å². The molecule has 0 amide bonds. The van der Waals surface area contributed by atoms with Crippen LogP contribution in [0.25, 0.3) is 0 Å². The Morgan fingerprint density at radius 2 is 0.897 bits per heavy atom. The molecule has 1 aromatic heterocycles. The molecule has 0 saturated heterocycles. The summed E-state index contributed by atoms with van der Waals surface area (Å²) in [4.78, 5) is 45.8. The van der Waals surface area contributed by atoms with Gasteiger partial charge in [0.25, 0.3) is 0 Å². The van der Waals surface area contributed by atoms with Gasteiger partial charge in [0.1, 0.15) is 12.2 Å². The van der Waals surface area contributed by atoms with Crippen molar-refractivity contribution >= 4 is 29.5 Å². The number of carbonyl (C=O) groups excluding carboxylic acids is 2. The Hall–Kier alpha value is -3.16. The summed E-state index contributed by atoms with van der Waals surface area (Å²) in [6, 6.07) is 0. The molecule has 14 heteroatoms.